The number of anilines is 1. The zero-order valence-electron chi connectivity index (χ0n) is 9.82. The fourth-order valence-electron chi connectivity index (χ4n) is 2.11. The first kappa shape index (κ1) is 11.4. The highest BCUT2D eigenvalue weighted by molar-refractivity contribution is 5.47. The molecule has 1 atom stereocenters. The number of aliphatic hydroxyl groups is 1. The second kappa shape index (κ2) is 5.32. The summed E-state index contributed by atoms with van der Waals surface area (Å²) >= 11 is 0. The summed E-state index contributed by atoms with van der Waals surface area (Å²) in [6.07, 6.45) is 1.13. The molecule has 1 unspecified atom stereocenters. The van der Waals surface area contributed by atoms with Crippen molar-refractivity contribution in [2.75, 3.05) is 31.1 Å². The van der Waals surface area contributed by atoms with Crippen LogP contribution in [0.25, 0.3) is 0 Å². The first-order valence-electron chi connectivity index (χ1n) is 5.95. The predicted octanol–water partition coefficient (Wildman–Crippen LogP) is 1.16. The van der Waals surface area contributed by atoms with Gasteiger partial charge in [-0.15, -0.1) is 0 Å². The van der Waals surface area contributed by atoms with Gasteiger partial charge < -0.3 is 15.3 Å². The average Bonchev–Trinajstić information content (AvgIpc) is 2.55. The van der Waals surface area contributed by atoms with E-state index in [1.54, 1.807) is 0 Å². The summed E-state index contributed by atoms with van der Waals surface area (Å²) in [5.41, 5.74) is 2.54. The van der Waals surface area contributed by atoms with Crippen LogP contribution in [0.5, 0.6) is 0 Å². The molecule has 0 aromatic heterocycles. The lowest BCUT2D eigenvalue weighted by atomic mass is 10.2. The fourth-order valence-corrected chi connectivity index (χ4v) is 2.11. The monoisotopic (exact) mass is 220 g/mol. The van der Waals surface area contributed by atoms with E-state index >= 15 is 0 Å². The molecule has 0 spiro atoms. The van der Waals surface area contributed by atoms with E-state index in [1.807, 2.05) is 0 Å². The lowest BCUT2D eigenvalue weighted by Crippen LogP contribution is -2.40. The molecule has 1 aliphatic heterocycles. The van der Waals surface area contributed by atoms with E-state index in [1.165, 1.54) is 11.3 Å². The number of hydrogen-bond acceptors (Lipinski definition) is 3. The maximum absolute atomic E-state index is 9.24. The Hall–Kier alpha value is -1.06. The van der Waals surface area contributed by atoms with Gasteiger partial charge in [-0.1, -0.05) is 17.7 Å². The Morgan fingerprint density at radius 2 is 2.12 bits per heavy atom. The number of nitrogens with zero attached hydrogens (tertiary/aromatic N) is 1. The van der Waals surface area contributed by atoms with Gasteiger partial charge in [-0.3, -0.25) is 0 Å². The number of aryl methyl sites for hydroxylation is 1. The Kier molecular flexibility index (Phi) is 3.80. The van der Waals surface area contributed by atoms with Gasteiger partial charge in [-0.05, 0) is 32.0 Å². The molecule has 1 aromatic carbocycles. The van der Waals surface area contributed by atoms with Gasteiger partial charge in [0.1, 0.15) is 0 Å². The van der Waals surface area contributed by atoms with Gasteiger partial charge in [0, 0.05) is 24.8 Å². The zero-order chi connectivity index (χ0) is 11.4. The SMILES string of the molecule is Cc1ccc(N2CCCNC(CO)C2)cc1. The van der Waals surface area contributed by atoms with Gasteiger partial charge in [0.05, 0.1) is 6.61 Å². The minimum Gasteiger partial charge on any atom is -0.395 e. The minimum absolute atomic E-state index is 0.198. The number of nitrogens with one attached hydrogen (secondary N) is 1. The lowest BCUT2D eigenvalue weighted by Gasteiger charge is -2.25. The topological polar surface area (TPSA) is 35.5 Å². The molecule has 1 aliphatic rings. The van der Waals surface area contributed by atoms with Crippen LogP contribution in [0, 0.1) is 6.92 Å². The van der Waals surface area contributed by atoms with Crippen LogP contribution in [0.2, 0.25) is 0 Å². The van der Waals surface area contributed by atoms with Crippen LogP contribution >= 0.6 is 0 Å². The quantitative estimate of drug-likeness (QED) is 0.785. The largest absolute Gasteiger partial charge is 0.395 e. The number of rotatable bonds is 2. The van der Waals surface area contributed by atoms with Crippen molar-refractivity contribution in [2.45, 2.75) is 19.4 Å². The van der Waals surface area contributed by atoms with Gasteiger partial charge in [0.2, 0.25) is 0 Å². The van der Waals surface area contributed by atoms with E-state index < -0.39 is 0 Å². The maximum atomic E-state index is 9.24. The summed E-state index contributed by atoms with van der Waals surface area (Å²) < 4.78 is 0. The summed E-state index contributed by atoms with van der Waals surface area (Å²) in [6, 6.07) is 8.80. The van der Waals surface area contributed by atoms with Crippen molar-refractivity contribution in [2.24, 2.45) is 0 Å². The number of aliphatic hydroxyl groups excluding tert-OH is 1. The molecule has 3 nitrogen and oxygen atoms in total. The van der Waals surface area contributed by atoms with Crippen LogP contribution in [0.15, 0.2) is 24.3 Å². The van der Waals surface area contributed by atoms with E-state index in [2.05, 4.69) is 41.4 Å². The van der Waals surface area contributed by atoms with E-state index in [0.29, 0.717) is 0 Å². The van der Waals surface area contributed by atoms with E-state index in [0.717, 1.165) is 26.1 Å². The Labute approximate surface area is 97.1 Å². The molecule has 0 bridgehead atoms. The molecule has 0 amide bonds. The van der Waals surface area contributed by atoms with Crippen LogP contribution in [-0.4, -0.2) is 37.4 Å². The third-order valence-corrected chi connectivity index (χ3v) is 3.10. The van der Waals surface area contributed by atoms with Gasteiger partial charge in [-0.25, -0.2) is 0 Å². The van der Waals surface area contributed by atoms with Gasteiger partial charge in [-0.2, -0.15) is 0 Å². The molecule has 88 valence electrons. The van der Waals surface area contributed by atoms with Gasteiger partial charge >= 0.3 is 0 Å². The molecule has 1 fully saturated rings. The molecule has 0 radical (unpaired) electrons. The lowest BCUT2D eigenvalue weighted by molar-refractivity contribution is 0.248. The van der Waals surface area contributed by atoms with Crippen molar-refractivity contribution in [3.05, 3.63) is 29.8 Å². The number of hydrogen-bond donors (Lipinski definition) is 2. The fraction of sp³-hybridized carbons (Fsp3) is 0.538. The van der Waals surface area contributed by atoms with Crippen LogP contribution in [0.1, 0.15) is 12.0 Å². The molecule has 1 heterocycles. The summed E-state index contributed by atoms with van der Waals surface area (Å²) in [5, 5.41) is 12.6. The summed E-state index contributed by atoms with van der Waals surface area (Å²) in [4.78, 5) is 2.35. The van der Waals surface area contributed by atoms with Gasteiger partial charge in [0.25, 0.3) is 0 Å². The normalized spacial score (nSPS) is 21.9. The smallest absolute Gasteiger partial charge is 0.0601 e. The number of benzene rings is 1. The summed E-state index contributed by atoms with van der Waals surface area (Å²) in [7, 11) is 0. The second-order valence-electron chi connectivity index (χ2n) is 4.47. The summed E-state index contributed by atoms with van der Waals surface area (Å²) in [5.74, 6) is 0. The Morgan fingerprint density at radius 1 is 1.38 bits per heavy atom. The molecule has 2 N–H and O–H groups in total. The second-order valence-corrected chi connectivity index (χ2v) is 4.47. The first-order chi connectivity index (χ1) is 7.79. The molecule has 1 aromatic rings. The molecule has 0 aliphatic carbocycles. The first-order valence-corrected chi connectivity index (χ1v) is 5.95. The van der Waals surface area contributed by atoms with Crippen molar-refractivity contribution >= 4 is 5.69 Å². The van der Waals surface area contributed by atoms with Crippen molar-refractivity contribution < 1.29 is 5.11 Å². The highest BCUT2D eigenvalue weighted by atomic mass is 16.3. The van der Waals surface area contributed by atoms with E-state index in [4.69, 9.17) is 0 Å². The summed E-state index contributed by atoms with van der Waals surface area (Å²) in [6.45, 7) is 5.26. The molecule has 2 rings (SSSR count). The average molecular weight is 220 g/mol. The third kappa shape index (κ3) is 2.74. The predicted molar refractivity (Wildman–Crippen MR) is 66.9 cm³/mol. The molecular weight excluding hydrogens is 200 g/mol. The maximum Gasteiger partial charge on any atom is 0.0601 e. The molecule has 16 heavy (non-hydrogen) atoms. The van der Waals surface area contributed by atoms with Crippen molar-refractivity contribution in [3.63, 3.8) is 0 Å². The van der Waals surface area contributed by atoms with Crippen molar-refractivity contribution in [3.8, 4) is 0 Å². The van der Waals surface area contributed by atoms with Crippen LogP contribution in [-0.2, 0) is 0 Å². The van der Waals surface area contributed by atoms with Crippen LogP contribution < -0.4 is 10.2 Å². The van der Waals surface area contributed by atoms with Crippen molar-refractivity contribution in [1.82, 2.24) is 5.32 Å². The Morgan fingerprint density at radius 3 is 2.81 bits per heavy atom. The molecule has 0 saturated carbocycles. The van der Waals surface area contributed by atoms with E-state index in [9.17, 15) is 5.11 Å². The molecule has 1 saturated heterocycles. The zero-order valence-corrected chi connectivity index (χ0v) is 9.82. The minimum atomic E-state index is 0.198. The molecular formula is C13H20N2O. The van der Waals surface area contributed by atoms with Crippen molar-refractivity contribution in [1.29, 1.82) is 0 Å². The highest BCUT2D eigenvalue weighted by Crippen LogP contribution is 2.16. The van der Waals surface area contributed by atoms with E-state index in [-0.39, 0.29) is 12.6 Å². The van der Waals surface area contributed by atoms with Crippen LogP contribution in [0.4, 0.5) is 5.69 Å². The van der Waals surface area contributed by atoms with Gasteiger partial charge in [0.15, 0.2) is 0 Å². The Balaban J connectivity index is 2.09. The standard InChI is InChI=1S/C13H20N2O/c1-11-3-5-13(6-4-11)15-8-2-7-14-12(9-15)10-16/h3-6,12,14,16H,2,7-10H2,1H3. The highest BCUT2D eigenvalue weighted by Gasteiger charge is 2.16. The third-order valence-electron chi connectivity index (χ3n) is 3.10. The molecule has 3 heteroatoms. The Bertz CT molecular complexity index is 323. The van der Waals surface area contributed by atoms with Crippen LogP contribution in [0.3, 0.4) is 0 Å².